The lowest BCUT2D eigenvalue weighted by atomic mass is 9.86. The maximum absolute atomic E-state index is 12.3. The number of anilines is 1. The number of esters is 1. The normalized spacial score (nSPS) is 16.5. The van der Waals surface area contributed by atoms with Crippen molar-refractivity contribution in [2.45, 2.75) is 51.9 Å². The largest absolute Gasteiger partial charge is 0.481 e. The van der Waals surface area contributed by atoms with Crippen LogP contribution in [0, 0.1) is 0 Å². The number of fused-ring (bicyclic) bond motifs is 1. The molecule has 0 saturated heterocycles. The van der Waals surface area contributed by atoms with Gasteiger partial charge in [-0.1, -0.05) is 6.92 Å². The SMILES string of the molecule is CCOC(=O)c1c(NC(=O)CCC(=O)O)sc2c1C(C)CCC2. The summed E-state index contributed by atoms with van der Waals surface area (Å²) in [5.74, 6) is -1.60. The van der Waals surface area contributed by atoms with E-state index >= 15 is 0 Å². The second-order valence-corrected chi connectivity index (χ2v) is 6.70. The van der Waals surface area contributed by atoms with E-state index in [4.69, 9.17) is 9.84 Å². The number of aliphatic carboxylic acids is 1. The van der Waals surface area contributed by atoms with Crippen molar-refractivity contribution in [3.05, 3.63) is 16.0 Å². The van der Waals surface area contributed by atoms with Crippen molar-refractivity contribution in [1.29, 1.82) is 0 Å². The molecule has 0 aromatic carbocycles. The summed E-state index contributed by atoms with van der Waals surface area (Å²) in [5, 5.41) is 11.8. The van der Waals surface area contributed by atoms with E-state index in [1.807, 2.05) is 0 Å². The van der Waals surface area contributed by atoms with Crippen molar-refractivity contribution < 1.29 is 24.2 Å². The van der Waals surface area contributed by atoms with Gasteiger partial charge in [-0.05, 0) is 37.7 Å². The Labute approximate surface area is 138 Å². The molecule has 1 aromatic heterocycles. The van der Waals surface area contributed by atoms with Gasteiger partial charge in [0.15, 0.2) is 0 Å². The van der Waals surface area contributed by atoms with Crippen molar-refractivity contribution in [2.75, 3.05) is 11.9 Å². The first-order valence-corrected chi connectivity index (χ1v) is 8.60. The van der Waals surface area contributed by atoms with Gasteiger partial charge in [0.2, 0.25) is 5.91 Å². The van der Waals surface area contributed by atoms with Gasteiger partial charge in [-0.2, -0.15) is 0 Å². The number of hydrogen-bond acceptors (Lipinski definition) is 5. The summed E-state index contributed by atoms with van der Waals surface area (Å²) in [6, 6.07) is 0. The lowest BCUT2D eigenvalue weighted by Crippen LogP contribution is -2.17. The number of hydrogen-bond donors (Lipinski definition) is 2. The number of nitrogens with one attached hydrogen (secondary N) is 1. The first-order valence-electron chi connectivity index (χ1n) is 7.78. The Hall–Kier alpha value is -1.89. The van der Waals surface area contributed by atoms with Gasteiger partial charge in [-0.15, -0.1) is 11.3 Å². The molecule has 1 amide bonds. The topological polar surface area (TPSA) is 92.7 Å². The quantitative estimate of drug-likeness (QED) is 0.777. The molecule has 0 aliphatic heterocycles. The molecule has 1 heterocycles. The zero-order chi connectivity index (χ0) is 17.0. The Bertz CT molecular complexity index is 622. The average Bonchev–Trinajstić information content (AvgIpc) is 2.84. The smallest absolute Gasteiger partial charge is 0.341 e. The second kappa shape index (κ2) is 7.59. The van der Waals surface area contributed by atoms with Crippen molar-refractivity contribution >= 4 is 34.2 Å². The molecule has 0 bridgehead atoms. The summed E-state index contributed by atoms with van der Waals surface area (Å²) < 4.78 is 5.14. The fourth-order valence-electron chi connectivity index (χ4n) is 2.81. The molecule has 0 saturated carbocycles. The summed E-state index contributed by atoms with van der Waals surface area (Å²) in [7, 11) is 0. The molecule has 1 aromatic rings. The zero-order valence-electron chi connectivity index (χ0n) is 13.3. The standard InChI is InChI=1S/C16H21NO5S/c1-3-22-16(21)14-13-9(2)5-4-6-10(13)23-15(14)17-11(18)7-8-12(19)20/h9H,3-8H2,1-2H3,(H,17,18)(H,19,20). The highest BCUT2D eigenvalue weighted by Crippen LogP contribution is 2.43. The van der Waals surface area contributed by atoms with Crippen molar-refractivity contribution in [3.8, 4) is 0 Å². The van der Waals surface area contributed by atoms with Crippen LogP contribution in [0.3, 0.4) is 0 Å². The first kappa shape index (κ1) is 17.5. The molecule has 126 valence electrons. The molecule has 23 heavy (non-hydrogen) atoms. The number of aryl methyl sites for hydroxylation is 1. The van der Waals surface area contributed by atoms with Gasteiger partial charge in [0.1, 0.15) is 5.00 Å². The van der Waals surface area contributed by atoms with Gasteiger partial charge in [0.05, 0.1) is 18.6 Å². The second-order valence-electron chi connectivity index (χ2n) is 5.60. The molecular formula is C16H21NO5S. The van der Waals surface area contributed by atoms with Crippen LogP contribution >= 0.6 is 11.3 Å². The van der Waals surface area contributed by atoms with Crippen LogP contribution in [0.2, 0.25) is 0 Å². The number of carbonyl (C=O) groups excluding carboxylic acids is 2. The number of carboxylic acids is 1. The maximum Gasteiger partial charge on any atom is 0.341 e. The minimum absolute atomic E-state index is 0.115. The van der Waals surface area contributed by atoms with E-state index in [9.17, 15) is 14.4 Å². The molecule has 0 spiro atoms. The van der Waals surface area contributed by atoms with Gasteiger partial charge < -0.3 is 15.2 Å². The fourth-order valence-corrected chi connectivity index (χ4v) is 4.18. The Morgan fingerprint density at radius 2 is 2.09 bits per heavy atom. The highest BCUT2D eigenvalue weighted by Gasteiger charge is 2.30. The number of ether oxygens (including phenoxy) is 1. The van der Waals surface area contributed by atoms with Crippen molar-refractivity contribution in [2.24, 2.45) is 0 Å². The number of amides is 1. The van der Waals surface area contributed by atoms with E-state index in [1.165, 1.54) is 11.3 Å². The van der Waals surface area contributed by atoms with Crippen LogP contribution < -0.4 is 5.32 Å². The first-order chi connectivity index (χ1) is 10.9. The monoisotopic (exact) mass is 339 g/mol. The molecule has 0 radical (unpaired) electrons. The molecule has 2 rings (SSSR count). The third kappa shape index (κ3) is 4.10. The molecule has 0 fully saturated rings. The molecule has 7 heteroatoms. The van der Waals surface area contributed by atoms with Crippen LogP contribution in [-0.2, 0) is 20.7 Å². The number of carbonyl (C=O) groups is 3. The van der Waals surface area contributed by atoms with E-state index in [1.54, 1.807) is 6.92 Å². The Morgan fingerprint density at radius 3 is 2.74 bits per heavy atom. The van der Waals surface area contributed by atoms with E-state index in [0.717, 1.165) is 29.7 Å². The van der Waals surface area contributed by atoms with Crippen LogP contribution in [0.5, 0.6) is 0 Å². The van der Waals surface area contributed by atoms with Gasteiger partial charge in [-0.3, -0.25) is 9.59 Å². The van der Waals surface area contributed by atoms with E-state index in [2.05, 4.69) is 12.2 Å². The molecular weight excluding hydrogens is 318 g/mol. The summed E-state index contributed by atoms with van der Waals surface area (Å²) in [4.78, 5) is 35.9. The lowest BCUT2D eigenvalue weighted by Gasteiger charge is -2.19. The molecule has 1 aliphatic rings. The number of carboxylic acid groups (broad SMARTS) is 1. The summed E-state index contributed by atoms with van der Waals surface area (Å²) in [5.41, 5.74) is 1.43. The summed E-state index contributed by atoms with van der Waals surface area (Å²) in [6.07, 6.45) is 2.60. The van der Waals surface area contributed by atoms with E-state index in [0.29, 0.717) is 10.6 Å². The van der Waals surface area contributed by atoms with Crippen LogP contribution in [0.15, 0.2) is 0 Å². The van der Waals surface area contributed by atoms with Gasteiger partial charge in [-0.25, -0.2) is 4.79 Å². The minimum atomic E-state index is -1.02. The Balaban J connectivity index is 2.29. The molecule has 1 atom stereocenters. The maximum atomic E-state index is 12.3. The summed E-state index contributed by atoms with van der Waals surface area (Å²) >= 11 is 1.40. The molecule has 6 nitrogen and oxygen atoms in total. The molecule has 1 aliphatic carbocycles. The minimum Gasteiger partial charge on any atom is -0.481 e. The summed E-state index contributed by atoms with van der Waals surface area (Å²) in [6.45, 7) is 4.08. The third-order valence-corrected chi connectivity index (χ3v) is 5.04. The molecule has 2 N–H and O–H groups in total. The van der Waals surface area contributed by atoms with Crippen molar-refractivity contribution in [3.63, 3.8) is 0 Å². The Kier molecular flexibility index (Phi) is 5.76. The predicted molar refractivity (Wildman–Crippen MR) is 87.1 cm³/mol. The highest BCUT2D eigenvalue weighted by atomic mass is 32.1. The number of rotatable bonds is 6. The van der Waals surface area contributed by atoms with Crippen LogP contribution in [0.25, 0.3) is 0 Å². The van der Waals surface area contributed by atoms with Crippen LogP contribution in [0.4, 0.5) is 5.00 Å². The van der Waals surface area contributed by atoms with Crippen LogP contribution in [0.1, 0.15) is 66.2 Å². The molecule has 1 unspecified atom stereocenters. The van der Waals surface area contributed by atoms with Crippen LogP contribution in [-0.4, -0.2) is 29.6 Å². The Morgan fingerprint density at radius 1 is 1.35 bits per heavy atom. The van der Waals surface area contributed by atoms with E-state index in [-0.39, 0.29) is 25.4 Å². The predicted octanol–water partition coefficient (Wildman–Crippen LogP) is 3.17. The van der Waals surface area contributed by atoms with Crippen molar-refractivity contribution in [1.82, 2.24) is 0 Å². The zero-order valence-corrected chi connectivity index (χ0v) is 14.1. The lowest BCUT2D eigenvalue weighted by molar-refractivity contribution is -0.138. The third-order valence-electron chi connectivity index (χ3n) is 3.85. The van der Waals surface area contributed by atoms with Gasteiger partial charge in [0, 0.05) is 11.3 Å². The van der Waals surface area contributed by atoms with E-state index < -0.39 is 17.8 Å². The number of thiophene rings is 1. The van der Waals surface area contributed by atoms with Gasteiger partial charge >= 0.3 is 11.9 Å². The highest BCUT2D eigenvalue weighted by molar-refractivity contribution is 7.17. The van der Waals surface area contributed by atoms with Gasteiger partial charge in [0.25, 0.3) is 0 Å². The average molecular weight is 339 g/mol. The fraction of sp³-hybridized carbons (Fsp3) is 0.562.